The van der Waals surface area contributed by atoms with Gasteiger partial charge in [0.05, 0.1) is 31.4 Å². The van der Waals surface area contributed by atoms with Crippen molar-refractivity contribution in [3.05, 3.63) is 28.8 Å². The number of alkyl halides is 1. The van der Waals surface area contributed by atoms with Gasteiger partial charge >= 0.3 is 0 Å². The standard InChI is InChI=1S/C21H32FNO3/c1-14(2)8-16-12-23-6-4-15-10-21(26-7-3-5-22)17(13-24)9-18(15)19(23)11-20(16)25/h9-10,14,16,19-20,24-25H,3-8,11-13H2,1-2H3/t16-,19-,20-/m1/s1/i3D2,5D2,7D2. The molecule has 0 aromatic heterocycles. The van der Waals surface area contributed by atoms with Gasteiger partial charge in [0.25, 0.3) is 0 Å². The zero-order valence-corrected chi connectivity index (χ0v) is 15.3. The third-order valence-corrected chi connectivity index (χ3v) is 5.47. The van der Waals surface area contributed by atoms with Gasteiger partial charge in [0.1, 0.15) is 5.75 Å². The van der Waals surface area contributed by atoms with Gasteiger partial charge in [0, 0.05) is 33.8 Å². The number of fused-ring (bicyclic) bond motifs is 3. The first-order valence-corrected chi connectivity index (χ1v) is 9.24. The Morgan fingerprint density at radius 1 is 1.42 bits per heavy atom. The molecule has 3 rings (SSSR count). The Bertz CT molecular complexity index is 832. The molecule has 2 N–H and O–H groups in total. The molecule has 0 bridgehead atoms. The third kappa shape index (κ3) is 4.21. The molecule has 1 saturated heterocycles. The van der Waals surface area contributed by atoms with Crippen LogP contribution < -0.4 is 4.74 Å². The van der Waals surface area contributed by atoms with Crippen molar-refractivity contribution >= 4 is 0 Å². The van der Waals surface area contributed by atoms with Crippen molar-refractivity contribution in [1.82, 2.24) is 4.90 Å². The normalized spacial score (nSPS) is 30.9. The smallest absolute Gasteiger partial charge is 0.125 e. The van der Waals surface area contributed by atoms with Crippen molar-refractivity contribution in [2.24, 2.45) is 11.8 Å². The van der Waals surface area contributed by atoms with Crippen LogP contribution in [0.4, 0.5) is 4.39 Å². The highest BCUT2D eigenvalue weighted by atomic mass is 19.1. The lowest BCUT2D eigenvalue weighted by molar-refractivity contribution is -0.0191. The van der Waals surface area contributed by atoms with Crippen LogP contribution in [0.25, 0.3) is 0 Å². The van der Waals surface area contributed by atoms with Gasteiger partial charge in [-0.2, -0.15) is 0 Å². The Hall–Kier alpha value is -1.17. The molecule has 0 spiro atoms. The van der Waals surface area contributed by atoms with Crippen LogP contribution in [0.2, 0.25) is 0 Å². The van der Waals surface area contributed by atoms with Crippen LogP contribution in [0.1, 0.15) is 64.0 Å². The topological polar surface area (TPSA) is 52.9 Å². The van der Waals surface area contributed by atoms with Crippen LogP contribution in [-0.2, 0) is 13.0 Å². The van der Waals surface area contributed by atoms with E-state index in [9.17, 15) is 14.6 Å². The zero-order chi connectivity index (χ0) is 24.1. The number of aliphatic hydroxyl groups excluding tert-OH is 2. The molecule has 146 valence electrons. The lowest BCUT2D eigenvalue weighted by atomic mass is 9.79. The van der Waals surface area contributed by atoms with E-state index in [1.165, 1.54) is 6.07 Å². The minimum Gasteiger partial charge on any atom is -0.493 e. The summed E-state index contributed by atoms with van der Waals surface area (Å²) in [7, 11) is 0. The summed E-state index contributed by atoms with van der Waals surface area (Å²) in [6, 6.07) is 3.14. The molecule has 2 aliphatic heterocycles. The summed E-state index contributed by atoms with van der Waals surface area (Å²) in [6.07, 6.45) is -1.94. The highest BCUT2D eigenvalue weighted by molar-refractivity contribution is 5.45. The summed E-state index contributed by atoms with van der Waals surface area (Å²) in [5, 5.41) is 20.6. The van der Waals surface area contributed by atoms with Gasteiger partial charge in [-0.15, -0.1) is 0 Å². The van der Waals surface area contributed by atoms with Gasteiger partial charge in [-0.05, 0) is 54.4 Å². The molecule has 0 unspecified atom stereocenters. The minimum atomic E-state index is -3.98. The summed E-state index contributed by atoms with van der Waals surface area (Å²) in [5.41, 5.74) is 1.93. The molecule has 1 aromatic rings. The number of rotatable bonds is 7. The van der Waals surface area contributed by atoms with E-state index in [0.29, 0.717) is 18.8 Å². The Balaban J connectivity index is 1.90. The number of nitrogens with zero attached hydrogens (tertiary/aromatic N) is 1. The summed E-state index contributed by atoms with van der Waals surface area (Å²) in [4.78, 5) is 2.32. The Morgan fingerprint density at radius 3 is 2.92 bits per heavy atom. The summed E-state index contributed by atoms with van der Waals surface area (Å²) >= 11 is 0. The van der Waals surface area contributed by atoms with Crippen LogP contribution in [0.3, 0.4) is 0 Å². The van der Waals surface area contributed by atoms with Crippen LogP contribution in [-0.4, -0.2) is 47.5 Å². The number of halogens is 1. The zero-order valence-electron chi connectivity index (χ0n) is 21.3. The number of hydrogen-bond donors (Lipinski definition) is 2. The van der Waals surface area contributed by atoms with E-state index in [1.54, 1.807) is 6.07 Å². The molecule has 1 fully saturated rings. The lowest BCUT2D eigenvalue weighted by Crippen LogP contribution is -2.48. The third-order valence-electron chi connectivity index (χ3n) is 5.47. The number of ether oxygens (including phenoxy) is 1. The molecular formula is C21H32FNO3. The van der Waals surface area contributed by atoms with Crippen molar-refractivity contribution in [2.45, 2.75) is 58.2 Å². The first-order chi connectivity index (χ1) is 14.7. The van der Waals surface area contributed by atoms with Crippen molar-refractivity contribution in [3.63, 3.8) is 0 Å². The van der Waals surface area contributed by atoms with Crippen molar-refractivity contribution < 1.29 is 27.6 Å². The molecule has 0 amide bonds. The first kappa shape index (κ1) is 13.1. The monoisotopic (exact) mass is 371 g/mol. The highest BCUT2D eigenvalue weighted by Gasteiger charge is 2.38. The van der Waals surface area contributed by atoms with E-state index in [4.69, 9.17) is 13.0 Å². The number of hydrogen-bond acceptors (Lipinski definition) is 4. The van der Waals surface area contributed by atoms with Crippen molar-refractivity contribution in [1.29, 1.82) is 0 Å². The molecule has 4 nitrogen and oxygen atoms in total. The fraction of sp³-hybridized carbons (Fsp3) is 0.714. The average molecular weight is 372 g/mol. The maximum atomic E-state index is 13.7. The fourth-order valence-electron chi connectivity index (χ4n) is 4.32. The first-order valence-electron chi connectivity index (χ1n) is 12.2. The number of aliphatic hydroxyl groups is 2. The van der Waals surface area contributed by atoms with Gasteiger partial charge in [0.15, 0.2) is 0 Å². The molecule has 2 aliphatic rings. The van der Waals surface area contributed by atoms with Crippen molar-refractivity contribution in [2.75, 3.05) is 26.3 Å². The van der Waals surface area contributed by atoms with E-state index in [-0.39, 0.29) is 23.3 Å². The molecule has 0 saturated carbocycles. The second-order valence-corrected chi connectivity index (χ2v) is 7.69. The van der Waals surface area contributed by atoms with Gasteiger partial charge < -0.3 is 14.9 Å². The van der Waals surface area contributed by atoms with Gasteiger partial charge in [-0.1, -0.05) is 13.8 Å². The highest BCUT2D eigenvalue weighted by Crippen LogP contribution is 2.42. The second kappa shape index (κ2) is 8.68. The predicted octanol–water partition coefficient (Wildman–Crippen LogP) is 3.24. The maximum Gasteiger partial charge on any atom is 0.125 e. The Morgan fingerprint density at radius 2 is 2.23 bits per heavy atom. The lowest BCUT2D eigenvalue weighted by Gasteiger charge is -2.46. The number of benzene rings is 1. The molecule has 0 radical (unpaired) electrons. The van der Waals surface area contributed by atoms with Gasteiger partial charge in [0.2, 0.25) is 0 Å². The quantitative estimate of drug-likeness (QED) is 0.773. The molecule has 3 atom stereocenters. The summed E-state index contributed by atoms with van der Waals surface area (Å²) in [6.45, 7) is -2.05. The molecule has 0 aliphatic carbocycles. The van der Waals surface area contributed by atoms with Gasteiger partial charge in [-0.3, -0.25) is 9.29 Å². The van der Waals surface area contributed by atoms with E-state index in [1.807, 2.05) is 0 Å². The Labute approximate surface area is 164 Å². The van der Waals surface area contributed by atoms with Crippen molar-refractivity contribution in [3.8, 4) is 5.75 Å². The van der Waals surface area contributed by atoms with Crippen LogP contribution in [0.15, 0.2) is 12.1 Å². The predicted molar refractivity (Wildman–Crippen MR) is 100 cm³/mol. The number of piperidine rings is 1. The largest absolute Gasteiger partial charge is 0.493 e. The SMILES string of the molecule is [2H]C([2H])(F)C([2H])([2H])C([2H])([2H])Oc1cc2c(cc1CO)[C@H]1C[C@@H](O)[C@H](CC(C)C)CN1CC2. The van der Waals surface area contributed by atoms with E-state index in [2.05, 4.69) is 18.7 Å². The summed E-state index contributed by atoms with van der Waals surface area (Å²) < 4.78 is 63.7. The van der Waals surface area contributed by atoms with Crippen LogP contribution >= 0.6 is 0 Å². The Kier molecular flexibility index (Phi) is 4.37. The second-order valence-electron chi connectivity index (χ2n) is 7.69. The molecule has 1 aromatic carbocycles. The van der Waals surface area contributed by atoms with E-state index < -0.39 is 32.3 Å². The fourth-order valence-corrected chi connectivity index (χ4v) is 4.32. The van der Waals surface area contributed by atoms with E-state index >= 15 is 0 Å². The summed E-state index contributed by atoms with van der Waals surface area (Å²) in [5.74, 6) is 0.528. The molecule has 26 heavy (non-hydrogen) atoms. The van der Waals surface area contributed by atoms with Gasteiger partial charge in [-0.25, -0.2) is 0 Å². The van der Waals surface area contributed by atoms with Crippen LogP contribution in [0.5, 0.6) is 5.75 Å². The average Bonchev–Trinajstić information content (AvgIpc) is 2.66. The molecule has 5 heteroatoms. The molecule has 2 heterocycles. The molecular weight excluding hydrogens is 333 g/mol. The van der Waals surface area contributed by atoms with E-state index in [0.717, 1.165) is 30.6 Å². The maximum absolute atomic E-state index is 13.7. The van der Waals surface area contributed by atoms with Crippen LogP contribution in [0, 0.1) is 11.8 Å². The minimum absolute atomic E-state index is 0.0558.